The number of rotatable bonds is 4. The summed E-state index contributed by atoms with van der Waals surface area (Å²) in [6.07, 6.45) is 1.86. The molecule has 43 heavy (non-hydrogen) atoms. The Bertz CT molecular complexity index is 1940. The number of hydrogen-bond donors (Lipinski definition) is 1. The maximum atomic E-state index is 11.0. The largest absolute Gasteiger partial charge is 0.507 e. The summed E-state index contributed by atoms with van der Waals surface area (Å²) in [5, 5.41) is 11.0. The molecule has 6 aromatic rings. The maximum absolute atomic E-state index is 11.0. The molecule has 0 atom stereocenters. The molecule has 0 fully saturated rings. The van der Waals surface area contributed by atoms with Gasteiger partial charge in [0.2, 0.25) is 0 Å². The van der Waals surface area contributed by atoms with Gasteiger partial charge in [-0.1, -0.05) is 90.1 Å². The molecular formula is C39H39N3O. The number of aromatic hydroxyl groups is 1. The van der Waals surface area contributed by atoms with Crippen LogP contribution in [0.1, 0.15) is 58.2 Å². The molecule has 6 rings (SSSR count). The van der Waals surface area contributed by atoms with Crippen LogP contribution in [0.3, 0.4) is 0 Å². The highest BCUT2D eigenvalue weighted by Crippen LogP contribution is 2.40. The first kappa shape index (κ1) is 28.4. The van der Waals surface area contributed by atoms with Gasteiger partial charge in [-0.25, -0.2) is 4.98 Å². The molecule has 216 valence electrons. The van der Waals surface area contributed by atoms with Crippen molar-refractivity contribution in [2.45, 2.75) is 59.3 Å². The van der Waals surface area contributed by atoms with Crippen molar-refractivity contribution in [1.82, 2.24) is 14.5 Å². The summed E-state index contributed by atoms with van der Waals surface area (Å²) < 4.78 is 2.21. The van der Waals surface area contributed by atoms with Crippen LogP contribution in [0, 0.1) is 6.92 Å². The van der Waals surface area contributed by atoms with Gasteiger partial charge in [0.05, 0.1) is 22.3 Å². The standard InChI is InChI=1S/C39H39N3O/c1-25-18-19-40-33(20-25)27-13-10-12-26(21-27)31-15-11-16-34-36(31)41-37(32-14-8-9-17-35(32)43)42(34)30-23-28(38(2,3)4)22-29(24-30)39(5,6)7/h8-24,43H,1-7H3. The summed E-state index contributed by atoms with van der Waals surface area (Å²) in [5.41, 5.74) is 11.3. The van der Waals surface area contributed by atoms with E-state index in [-0.39, 0.29) is 16.6 Å². The normalized spacial score (nSPS) is 12.2. The van der Waals surface area contributed by atoms with Gasteiger partial charge >= 0.3 is 0 Å². The molecule has 0 amide bonds. The van der Waals surface area contributed by atoms with Gasteiger partial charge in [-0.2, -0.15) is 0 Å². The van der Waals surface area contributed by atoms with E-state index in [2.05, 4.69) is 125 Å². The van der Waals surface area contributed by atoms with Crippen molar-refractivity contribution in [2.75, 3.05) is 0 Å². The van der Waals surface area contributed by atoms with E-state index < -0.39 is 0 Å². The number of phenolic OH excluding ortho intramolecular Hbond substituents is 1. The van der Waals surface area contributed by atoms with E-state index in [0.29, 0.717) is 11.4 Å². The molecule has 4 aromatic carbocycles. The molecule has 2 heterocycles. The molecule has 0 aliphatic carbocycles. The molecule has 4 nitrogen and oxygen atoms in total. The van der Waals surface area contributed by atoms with E-state index >= 15 is 0 Å². The van der Waals surface area contributed by atoms with Crippen molar-refractivity contribution in [3.05, 3.63) is 120 Å². The minimum atomic E-state index is -0.0448. The van der Waals surface area contributed by atoms with Crippen molar-refractivity contribution in [2.24, 2.45) is 0 Å². The van der Waals surface area contributed by atoms with Gasteiger partial charge in [0.25, 0.3) is 0 Å². The number of benzene rings is 4. The molecule has 4 heteroatoms. The third kappa shape index (κ3) is 5.46. The van der Waals surface area contributed by atoms with Crippen LogP contribution < -0.4 is 0 Å². The Morgan fingerprint density at radius 2 is 1.30 bits per heavy atom. The number of fused-ring (bicyclic) bond motifs is 1. The molecule has 0 bridgehead atoms. The summed E-state index contributed by atoms with van der Waals surface area (Å²) in [5.74, 6) is 0.916. The minimum Gasteiger partial charge on any atom is -0.507 e. The van der Waals surface area contributed by atoms with E-state index in [1.807, 2.05) is 30.5 Å². The lowest BCUT2D eigenvalue weighted by atomic mass is 9.80. The Hall–Kier alpha value is -4.70. The summed E-state index contributed by atoms with van der Waals surface area (Å²) >= 11 is 0. The lowest BCUT2D eigenvalue weighted by molar-refractivity contribution is 0.477. The van der Waals surface area contributed by atoms with Crippen molar-refractivity contribution in [3.63, 3.8) is 0 Å². The van der Waals surface area contributed by atoms with Crippen LogP contribution in [-0.2, 0) is 10.8 Å². The zero-order valence-corrected chi connectivity index (χ0v) is 26.1. The lowest BCUT2D eigenvalue weighted by Gasteiger charge is -2.27. The second-order valence-corrected chi connectivity index (χ2v) is 13.5. The Balaban J connectivity index is 1.65. The minimum absolute atomic E-state index is 0.0448. The van der Waals surface area contributed by atoms with E-state index in [1.54, 1.807) is 6.07 Å². The van der Waals surface area contributed by atoms with Crippen molar-refractivity contribution >= 4 is 11.0 Å². The number of para-hydroxylation sites is 2. The second kappa shape index (κ2) is 10.5. The van der Waals surface area contributed by atoms with Crippen LogP contribution >= 0.6 is 0 Å². The second-order valence-electron chi connectivity index (χ2n) is 13.5. The molecule has 0 unspecified atom stereocenters. The van der Waals surface area contributed by atoms with Crippen molar-refractivity contribution in [1.29, 1.82) is 0 Å². The fraction of sp³-hybridized carbons (Fsp3) is 0.231. The van der Waals surface area contributed by atoms with Crippen LogP contribution in [-0.4, -0.2) is 19.6 Å². The molecule has 0 saturated carbocycles. The summed E-state index contributed by atoms with van der Waals surface area (Å²) in [7, 11) is 0. The van der Waals surface area contributed by atoms with Crippen LogP contribution in [0.25, 0.3) is 50.5 Å². The molecular weight excluding hydrogens is 526 g/mol. The average molecular weight is 566 g/mol. The van der Waals surface area contributed by atoms with Crippen LogP contribution in [0.2, 0.25) is 0 Å². The first-order valence-corrected chi connectivity index (χ1v) is 14.9. The van der Waals surface area contributed by atoms with Gasteiger partial charge in [-0.3, -0.25) is 9.55 Å². The predicted molar refractivity (Wildman–Crippen MR) is 179 cm³/mol. The maximum Gasteiger partial charge on any atom is 0.149 e. The number of aromatic nitrogens is 3. The average Bonchev–Trinajstić information content (AvgIpc) is 3.36. The number of nitrogens with zero attached hydrogens (tertiary/aromatic N) is 3. The molecule has 0 radical (unpaired) electrons. The summed E-state index contributed by atoms with van der Waals surface area (Å²) in [4.78, 5) is 9.91. The Morgan fingerprint density at radius 3 is 1.98 bits per heavy atom. The van der Waals surface area contributed by atoms with Crippen molar-refractivity contribution in [3.8, 4) is 45.2 Å². The Kier molecular flexibility index (Phi) is 6.96. The summed E-state index contributed by atoms with van der Waals surface area (Å²) in [6.45, 7) is 15.6. The van der Waals surface area contributed by atoms with Gasteiger partial charge in [0.1, 0.15) is 11.6 Å². The quantitative estimate of drug-likeness (QED) is 0.231. The fourth-order valence-electron chi connectivity index (χ4n) is 5.58. The molecule has 0 aliphatic rings. The Labute approximate surface area is 254 Å². The van der Waals surface area contributed by atoms with Crippen LogP contribution in [0.5, 0.6) is 5.75 Å². The fourth-order valence-corrected chi connectivity index (χ4v) is 5.58. The molecule has 0 spiro atoms. The monoisotopic (exact) mass is 565 g/mol. The third-order valence-corrected chi connectivity index (χ3v) is 8.12. The third-order valence-electron chi connectivity index (χ3n) is 8.12. The van der Waals surface area contributed by atoms with Gasteiger partial charge in [-0.15, -0.1) is 0 Å². The first-order chi connectivity index (χ1) is 20.4. The van der Waals surface area contributed by atoms with E-state index in [9.17, 15) is 5.11 Å². The van der Waals surface area contributed by atoms with Gasteiger partial charge in [-0.05, 0) is 88.5 Å². The lowest BCUT2D eigenvalue weighted by Crippen LogP contribution is -2.17. The van der Waals surface area contributed by atoms with E-state index in [1.165, 1.54) is 16.7 Å². The topological polar surface area (TPSA) is 50.9 Å². The smallest absolute Gasteiger partial charge is 0.149 e. The molecule has 0 saturated heterocycles. The number of pyridine rings is 1. The van der Waals surface area contributed by atoms with E-state index in [4.69, 9.17) is 4.98 Å². The molecule has 2 aromatic heterocycles. The number of aryl methyl sites for hydroxylation is 1. The number of phenols is 1. The zero-order valence-electron chi connectivity index (χ0n) is 26.1. The SMILES string of the molecule is Cc1ccnc(-c2cccc(-c3cccc4c3nc(-c3ccccc3O)n4-c3cc(C(C)(C)C)cc(C(C)(C)C)c3)c2)c1. The Morgan fingerprint density at radius 1 is 0.651 bits per heavy atom. The van der Waals surface area contributed by atoms with Gasteiger partial charge < -0.3 is 5.11 Å². The number of imidazole rings is 1. The summed E-state index contributed by atoms with van der Waals surface area (Å²) in [6, 6.07) is 33.3. The zero-order chi connectivity index (χ0) is 30.5. The number of hydrogen-bond acceptors (Lipinski definition) is 3. The van der Waals surface area contributed by atoms with Crippen LogP contribution in [0.15, 0.2) is 103 Å². The van der Waals surface area contributed by atoms with E-state index in [0.717, 1.165) is 39.1 Å². The molecule has 1 N–H and O–H groups in total. The van der Waals surface area contributed by atoms with Crippen LogP contribution in [0.4, 0.5) is 0 Å². The van der Waals surface area contributed by atoms with Crippen molar-refractivity contribution < 1.29 is 5.11 Å². The highest BCUT2D eigenvalue weighted by molar-refractivity contribution is 5.96. The first-order valence-electron chi connectivity index (χ1n) is 14.9. The van der Waals surface area contributed by atoms with Gasteiger partial charge in [0, 0.05) is 23.0 Å². The van der Waals surface area contributed by atoms with Gasteiger partial charge in [0.15, 0.2) is 0 Å². The highest BCUT2D eigenvalue weighted by atomic mass is 16.3. The highest BCUT2D eigenvalue weighted by Gasteiger charge is 2.24. The predicted octanol–water partition coefficient (Wildman–Crippen LogP) is 10.0. The molecule has 0 aliphatic heterocycles.